The zero-order chi connectivity index (χ0) is 15.4. The van der Waals surface area contributed by atoms with Crippen LogP contribution in [-0.2, 0) is 11.2 Å². The quantitative estimate of drug-likeness (QED) is 0.919. The van der Waals surface area contributed by atoms with Gasteiger partial charge in [-0.25, -0.2) is 4.79 Å². The van der Waals surface area contributed by atoms with E-state index >= 15 is 0 Å². The molecule has 1 aromatic carbocycles. The maximum Gasteiger partial charge on any atom is 0.326 e. The van der Waals surface area contributed by atoms with E-state index < -0.39 is 12.0 Å². The van der Waals surface area contributed by atoms with E-state index in [0.717, 1.165) is 5.56 Å². The van der Waals surface area contributed by atoms with Crippen LogP contribution in [0.15, 0.2) is 47.3 Å². The molecular formula is C17H19NO3. The Kier molecular flexibility index (Phi) is 4.58. The lowest BCUT2D eigenvalue weighted by Gasteiger charge is -2.18. The predicted molar refractivity (Wildman–Crippen MR) is 81.6 cm³/mol. The van der Waals surface area contributed by atoms with E-state index in [1.807, 2.05) is 31.2 Å². The first kappa shape index (κ1) is 15.0. The van der Waals surface area contributed by atoms with E-state index in [-0.39, 0.29) is 5.56 Å². The van der Waals surface area contributed by atoms with E-state index in [2.05, 4.69) is 0 Å². The Hall–Kier alpha value is -2.36. The van der Waals surface area contributed by atoms with Gasteiger partial charge < -0.3 is 5.11 Å². The van der Waals surface area contributed by atoms with Gasteiger partial charge in [-0.1, -0.05) is 35.9 Å². The maximum absolute atomic E-state index is 11.9. The number of carbonyl (C=O) groups is 1. The Morgan fingerprint density at radius 2 is 1.81 bits per heavy atom. The molecule has 1 N–H and O–H groups in total. The summed E-state index contributed by atoms with van der Waals surface area (Å²) < 4.78 is 1.36. The van der Waals surface area contributed by atoms with Crippen molar-refractivity contribution in [3.8, 4) is 0 Å². The van der Waals surface area contributed by atoms with Crippen LogP contribution in [-0.4, -0.2) is 15.6 Å². The van der Waals surface area contributed by atoms with Crippen molar-refractivity contribution < 1.29 is 9.90 Å². The third kappa shape index (κ3) is 3.60. The maximum atomic E-state index is 11.9. The SMILES string of the molecule is Cc1ccc(CCC(C(=O)O)n2c(C)cccc2=O)cc1. The predicted octanol–water partition coefficient (Wildman–Crippen LogP) is 2.72. The smallest absolute Gasteiger partial charge is 0.326 e. The van der Waals surface area contributed by atoms with E-state index in [4.69, 9.17) is 0 Å². The molecule has 1 aromatic heterocycles. The fourth-order valence-corrected chi connectivity index (χ4v) is 2.42. The third-order valence-electron chi connectivity index (χ3n) is 3.62. The highest BCUT2D eigenvalue weighted by atomic mass is 16.4. The van der Waals surface area contributed by atoms with Crippen molar-refractivity contribution in [2.45, 2.75) is 32.7 Å². The van der Waals surface area contributed by atoms with Crippen molar-refractivity contribution in [2.75, 3.05) is 0 Å². The summed E-state index contributed by atoms with van der Waals surface area (Å²) in [6, 6.07) is 12.0. The number of benzene rings is 1. The molecule has 2 aromatic rings. The van der Waals surface area contributed by atoms with Crippen molar-refractivity contribution >= 4 is 5.97 Å². The van der Waals surface area contributed by atoms with E-state index in [1.165, 1.54) is 16.2 Å². The number of pyridine rings is 1. The zero-order valence-corrected chi connectivity index (χ0v) is 12.2. The molecule has 0 aliphatic rings. The molecule has 4 heteroatoms. The molecule has 0 bridgehead atoms. The summed E-state index contributed by atoms with van der Waals surface area (Å²) in [5.74, 6) is -0.974. The number of aliphatic carboxylic acids is 1. The molecule has 0 amide bonds. The highest BCUT2D eigenvalue weighted by Crippen LogP contribution is 2.16. The lowest BCUT2D eigenvalue weighted by molar-refractivity contribution is -0.141. The number of hydrogen-bond acceptors (Lipinski definition) is 2. The molecule has 0 saturated heterocycles. The van der Waals surface area contributed by atoms with Gasteiger partial charge in [-0.3, -0.25) is 9.36 Å². The number of rotatable bonds is 5. The normalized spacial score (nSPS) is 12.1. The van der Waals surface area contributed by atoms with Gasteiger partial charge in [-0.2, -0.15) is 0 Å². The summed E-state index contributed by atoms with van der Waals surface area (Å²) in [6.45, 7) is 3.76. The average Bonchev–Trinajstić information content (AvgIpc) is 2.43. The van der Waals surface area contributed by atoms with Gasteiger partial charge in [0.15, 0.2) is 0 Å². The minimum atomic E-state index is -0.974. The Morgan fingerprint density at radius 1 is 1.14 bits per heavy atom. The largest absolute Gasteiger partial charge is 0.480 e. The fraction of sp³-hybridized carbons (Fsp3) is 0.294. The second-order valence-electron chi connectivity index (χ2n) is 5.25. The topological polar surface area (TPSA) is 59.3 Å². The molecule has 0 aliphatic heterocycles. The molecule has 1 atom stereocenters. The highest BCUT2D eigenvalue weighted by Gasteiger charge is 2.21. The first-order valence-electron chi connectivity index (χ1n) is 6.95. The van der Waals surface area contributed by atoms with Gasteiger partial charge in [-0.15, -0.1) is 0 Å². The van der Waals surface area contributed by atoms with Gasteiger partial charge in [0, 0.05) is 11.8 Å². The van der Waals surface area contributed by atoms with Crippen molar-refractivity contribution in [2.24, 2.45) is 0 Å². The molecular weight excluding hydrogens is 266 g/mol. The van der Waals surface area contributed by atoms with Gasteiger partial charge in [-0.05, 0) is 38.3 Å². The van der Waals surface area contributed by atoms with E-state index in [0.29, 0.717) is 18.5 Å². The van der Waals surface area contributed by atoms with Crippen molar-refractivity contribution in [3.63, 3.8) is 0 Å². The summed E-state index contributed by atoms with van der Waals surface area (Å²) in [5.41, 5.74) is 2.64. The van der Waals surface area contributed by atoms with Crippen LogP contribution in [0.4, 0.5) is 0 Å². The number of carboxylic acid groups (broad SMARTS) is 1. The number of hydrogen-bond donors (Lipinski definition) is 1. The molecule has 0 fully saturated rings. The summed E-state index contributed by atoms with van der Waals surface area (Å²) in [5, 5.41) is 9.44. The van der Waals surface area contributed by atoms with Crippen molar-refractivity contribution in [3.05, 3.63) is 69.6 Å². The van der Waals surface area contributed by atoms with Crippen LogP contribution in [0.25, 0.3) is 0 Å². The summed E-state index contributed by atoms with van der Waals surface area (Å²) in [4.78, 5) is 23.5. The lowest BCUT2D eigenvalue weighted by Crippen LogP contribution is -2.31. The van der Waals surface area contributed by atoms with E-state index in [1.54, 1.807) is 19.1 Å². The molecule has 4 nitrogen and oxygen atoms in total. The summed E-state index contributed by atoms with van der Waals surface area (Å²) in [6.07, 6.45) is 1.02. The fourth-order valence-electron chi connectivity index (χ4n) is 2.42. The molecule has 110 valence electrons. The second kappa shape index (κ2) is 6.39. The molecule has 0 aliphatic carbocycles. The van der Waals surface area contributed by atoms with Gasteiger partial charge in [0.05, 0.1) is 0 Å². The molecule has 0 radical (unpaired) electrons. The molecule has 1 heterocycles. The lowest BCUT2D eigenvalue weighted by atomic mass is 10.0. The minimum absolute atomic E-state index is 0.272. The monoisotopic (exact) mass is 285 g/mol. The summed E-state index contributed by atoms with van der Waals surface area (Å²) >= 11 is 0. The number of nitrogens with zero attached hydrogens (tertiary/aromatic N) is 1. The molecule has 21 heavy (non-hydrogen) atoms. The molecule has 1 unspecified atom stereocenters. The number of carboxylic acids is 1. The van der Waals surface area contributed by atoms with Gasteiger partial charge in [0.2, 0.25) is 0 Å². The Labute approximate surface area is 123 Å². The average molecular weight is 285 g/mol. The highest BCUT2D eigenvalue weighted by molar-refractivity contribution is 5.72. The van der Waals surface area contributed by atoms with Crippen LogP contribution in [0, 0.1) is 13.8 Å². The van der Waals surface area contributed by atoms with Gasteiger partial charge in [0.25, 0.3) is 5.56 Å². The van der Waals surface area contributed by atoms with Gasteiger partial charge in [0.1, 0.15) is 6.04 Å². The van der Waals surface area contributed by atoms with E-state index in [9.17, 15) is 14.7 Å². The number of aryl methyl sites for hydroxylation is 3. The zero-order valence-electron chi connectivity index (χ0n) is 12.2. The van der Waals surface area contributed by atoms with Crippen LogP contribution in [0.1, 0.15) is 29.3 Å². The van der Waals surface area contributed by atoms with Crippen LogP contribution < -0.4 is 5.56 Å². The van der Waals surface area contributed by atoms with Crippen molar-refractivity contribution in [1.82, 2.24) is 4.57 Å². The second-order valence-corrected chi connectivity index (χ2v) is 5.25. The Balaban J connectivity index is 2.22. The Morgan fingerprint density at radius 3 is 2.38 bits per heavy atom. The number of aromatic nitrogens is 1. The first-order chi connectivity index (χ1) is 9.99. The van der Waals surface area contributed by atoms with Gasteiger partial charge >= 0.3 is 5.97 Å². The molecule has 0 saturated carbocycles. The third-order valence-corrected chi connectivity index (χ3v) is 3.62. The van der Waals surface area contributed by atoms with Crippen molar-refractivity contribution in [1.29, 1.82) is 0 Å². The summed E-state index contributed by atoms with van der Waals surface area (Å²) in [7, 11) is 0. The standard InChI is InChI=1S/C17H19NO3/c1-12-6-8-14(9-7-12)10-11-15(17(20)21)18-13(2)4-3-5-16(18)19/h3-9,15H,10-11H2,1-2H3,(H,20,21). The molecule has 2 rings (SSSR count). The van der Waals surface area contributed by atoms with Crippen LogP contribution >= 0.6 is 0 Å². The Bertz CT molecular complexity index is 686. The van der Waals surface area contributed by atoms with Crippen LogP contribution in [0.3, 0.4) is 0 Å². The van der Waals surface area contributed by atoms with Crippen LogP contribution in [0.5, 0.6) is 0 Å². The minimum Gasteiger partial charge on any atom is -0.480 e. The molecule has 0 spiro atoms. The van der Waals surface area contributed by atoms with Crippen LogP contribution in [0.2, 0.25) is 0 Å². The first-order valence-corrected chi connectivity index (χ1v) is 6.95.